The van der Waals surface area contributed by atoms with Crippen LogP contribution in [0.5, 0.6) is 5.75 Å². The van der Waals surface area contributed by atoms with Crippen molar-refractivity contribution in [1.82, 2.24) is 10.3 Å². The topological polar surface area (TPSA) is 91.4 Å². The maximum Gasteiger partial charge on any atom is 0.305 e. The average Bonchev–Trinajstić information content (AvgIpc) is 2.81. The highest BCUT2D eigenvalue weighted by atomic mass is 16.5. The van der Waals surface area contributed by atoms with Gasteiger partial charge in [0.2, 0.25) is 0 Å². The molecule has 0 aliphatic heterocycles. The van der Waals surface area contributed by atoms with Crippen molar-refractivity contribution in [3.8, 4) is 5.75 Å². The zero-order valence-electron chi connectivity index (χ0n) is 10.4. The van der Waals surface area contributed by atoms with Gasteiger partial charge in [-0.25, -0.2) is 0 Å². The molecule has 0 spiro atoms. The number of carbonyl (C=O) groups excluding carboxylic acids is 1. The monoisotopic (exact) mass is 262 g/mol. The summed E-state index contributed by atoms with van der Waals surface area (Å²) in [7, 11) is 1.56. The quantitative estimate of drug-likeness (QED) is 0.759. The third-order valence-corrected chi connectivity index (χ3v) is 2.71. The van der Waals surface area contributed by atoms with Gasteiger partial charge in [0, 0.05) is 11.9 Å². The molecule has 3 N–H and O–H groups in total. The molecule has 6 heteroatoms. The van der Waals surface area contributed by atoms with E-state index < -0.39 is 5.97 Å². The Morgan fingerprint density at radius 2 is 2.21 bits per heavy atom. The van der Waals surface area contributed by atoms with Crippen molar-refractivity contribution in [1.29, 1.82) is 0 Å². The Balaban J connectivity index is 2.16. The molecule has 1 aromatic carbocycles. The van der Waals surface area contributed by atoms with Crippen LogP contribution < -0.4 is 10.1 Å². The van der Waals surface area contributed by atoms with E-state index in [1.807, 2.05) is 12.1 Å². The molecule has 2 aromatic rings. The van der Waals surface area contributed by atoms with Gasteiger partial charge in [0.05, 0.1) is 19.0 Å². The third-order valence-electron chi connectivity index (χ3n) is 2.71. The van der Waals surface area contributed by atoms with E-state index in [0.717, 1.165) is 10.9 Å². The standard InChI is InChI=1S/C13H14N2O4/c1-19-10-4-2-3-8-7-9(15-12(8)10)13(18)14-6-5-11(16)17/h2-4,7,15H,5-6H2,1H3,(H,14,18)(H,16,17). The number of carbonyl (C=O) groups is 2. The molecule has 0 aliphatic rings. The van der Waals surface area contributed by atoms with Crippen molar-refractivity contribution in [3.63, 3.8) is 0 Å². The van der Waals surface area contributed by atoms with Crippen LogP contribution in [0.15, 0.2) is 24.3 Å². The van der Waals surface area contributed by atoms with Crippen molar-refractivity contribution in [2.45, 2.75) is 6.42 Å². The van der Waals surface area contributed by atoms with Crippen LogP contribution in [0.25, 0.3) is 10.9 Å². The molecule has 100 valence electrons. The molecule has 0 saturated heterocycles. The maximum atomic E-state index is 11.8. The molecule has 0 fully saturated rings. The fraction of sp³-hybridized carbons (Fsp3) is 0.231. The zero-order chi connectivity index (χ0) is 13.8. The number of methoxy groups -OCH3 is 1. The molecule has 0 atom stereocenters. The first-order valence-electron chi connectivity index (χ1n) is 5.77. The van der Waals surface area contributed by atoms with E-state index in [2.05, 4.69) is 10.3 Å². The Hall–Kier alpha value is -2.50. The first-order valence-corrected chi connectivity index (χ1v) is 5.77. The lowest BCUT2D eigenvalue weighted by molar-refractivity contribution is -0.136. The average molecular weight is 262 g/mol. The molecule has 1 heterocycles. The highest BCUT2D eigenvalue weighted by Gasteiger charge is 2.11. The molecule has 1 amide bonds. The van der Waals surface area contributed by atoms with Gasteiger partial charge in [-0.1, -0.05) is 12.1 Å². The van der Waals surface area contributed by atoms with Gasteiger partial charge in [-0.3, -0.25) is 9.59 Å². The largest absolute Gasteiger partial charge is 0.495 e. The number of carboxylic acids is 1. The van der Waals surface area contributed by atoms with Crippen LogP contribution in [0.3, 0.4) is 0 Å². The van der Waals surface area contributed by atoms with Crippen LogP contribution in [0.1, 0.15) is 16.9 Å². The van der Waals surface area contributed by atoms with Gasteiger partial charge in [0.1, 0.15) is 11.4 Å². The number of amides is 1. The second-order valence-electron chi connectivity index (χ2n) is 4.01. The number of rotatable bonds is 5. The van der Waals surface area contributed by atoms with Gasteiger partial charge in [-0.15, -0.1) is 0 Å². The summed E-state index contributed by atoms with van der Waals surface area (Å²) in [4.78, 5) is 25.2. The molecular weight excluding hydrogens is 248 g/mol. The number of aromatic amines is 1. The van der Waals surface area contributed by atoms with Crippen molar-refractivity contribution in [2.75, 3.05) is 13.7 Å². The summed E-state index contributed by atoms with van der Waals surface area (Å²) in [5.74, 6) is -0.625. The summed E-state index contributed by atoms with van der Waals surface area (Å²) >= 11 is 0. The number of nitrogens with one attached hydrogen (secondary N) is 2. The zero-order valence-corrected chi connectivity index (χ0v) is 10.4. The lowest BCUT2D eigenvalue weighted by Crippen LogP contribution is -2.26. The third kappa shape index (κ3) is 2.85. The predicted octanol–water partition coefficient (Wildman–Crippen LogP) is 1.38. The SMILES string of the molecule is COc1cccc2cc(C(=O)NCCC(=O)O)[nH]c12. The Morgan fingerprint density at radius 1 is 1.42 bits per heavy atom. The highest BCUT2D eigenvalue weighted by Crippen LogP contribution is 2.25. The minimum atomic E-state index is -0.946. The molecule has 1 aromatic heterocycles. The number of benzene rings is 1. The van der Waals surface area contributed by atoms with Crippen LogP contribution in [-0.2, 0) is 4.79 Å². The molecule has 0 radical (unpaired) electrons. The van der Waals surface area contributed by atoms with Gasteiger partial charge in [-0.05, 0) is 12.1 Å². The molecular formula is C13H14N2O4. The van der Waals surface area contributed by atoms with E-state index in [1.54, 1.807) is 19.2 Å². The van der Waals surface area contributed by atoms with Gasteiger partial charge in [0.15, 0.2) is 0 Å². The smallest absolute Gasteiger partial charge is 0.305 e. The first-order chi connectivity index (χ1) is 9.11. The number of aromatic nitrogens is 1. The van der Waals surface area contributed by atoms with Crippen molar-refractivity contribution >= 4 is 22.8 Å². The number of ether oxygens (including phenoxy) is 1. The van der Waals surface area contributed by atoms with E-state index in [1.165, 1.54) is 0 Å². The molecule has 0 aliphatic carbocycles. The lowest BCUT2D eigenvalue weighted by atomic mass is 10.2. The number of para-hydroxylation sites is 1. The number of hydrogen-bond acceptors (Lipinski definition) is 3. The minimum absolute atomic E-state index is 0.0979. The Labute approximate surface area is 109 Å². The van der Waals surface area contributed by atoms with Crippen molar-refractivity contribution in [2.24, 2.45) is 0 Å². The van der Waals surface area contributed by atoms with Crippen LogP contribution >= 0.6 is 0 Å². The highest BCUT2D eigenvalue weighted by molar-refractivity contribution is 5.99. The molecule has 0 saturated carbocycles. The Kier molecular flexibility index (Phi) is 3.70. The fourth-order valence-corrected chi connectivity index (χ4v) is 1.80. The van der Waals surface area contributed by atoms with E-state index in [0.29, 0.717) is 11.4 Å². The predicted molar refractivity (Wildman–Crippen MR) is 69.4 cm³/mol. The molecule has 0 unspecified atom stereocenters. The van der Waals surface area contributed by atoms with E-state index in [-0.39, 0.29) is 18.9 Å². The summed E-state index contributed by atoms with van der Waals surface area (Å²) in [5, 5.41) is 11.9. The first kappa shape index (κ1) is 12.9. The minimum Gasteiger partial charge on any atom is -0.495 e. The number of hydrogen-bond donors (Lipinski definition) is 3. The fourth-order valence-electron chi connectivity index (χ4n) is 1.80. The van der Waals surface area contributed by atoms with Gasteiger partial charge >= 0.3 is 5.97 Å². The summed E-state index contributed by atoms with van der Waals surface area (Å²) in [5.41, 5.74) is 1.12. The van der Waals surface area contributed by atoms with E-state index >= 15 is 0 Å². The van der Waals surface area contributed by atoms with Crippen LogP contribution in [0.2, 0.25) is 0 Å². The number of H-pyrrole nitrogens is 1. The molecule has 19 heavy (non-hydrogen) atoms. The number of aliphatic carboxylic acids is 1. The normalized spacial score (nSPS) is 10.4. The van der Waals surface area contributed by atoms with Gasteiger partial charge in [0.25, 0.3) is 5.91 Å². The second kappa shape index (κ2) is 5.43. The summed E-state index contributed by atoms with van der Waals surface area (Å²) in [6, 6.07) is 7.20. The maximum absolute atomic E-state index is 11.8. The van der Waals surface area contributed by atoms with Gasteiger partial charge < -0.3 is 20.1 Å². The lowest BCUT2D eigenvalue weighted by Gasteiger charge is -2.01. The molecule has 6 nitrogen and oxygen atoms in total. The van der Waals surface area contributed by atoms with Crippen LogP contribution in [0.4, 0.5) is 0 Å². The molecule has 0 bridgehead atoms. The van der Waals surface area contributed by atoms with Crippen LogP contribution in [-0.4, -0.2) is 35.6 Å². The Morgan fingerprint density at radius 3 is 2.89 bits per heavy atom. The van der Waals surface area contributed by atoms with E-state index in [9.17, 15) is 9.59 Å². The molecule has 2 rings (SSSR count). The second-order valence-corrected chi connectivity index (χ2v) is 4.01. The number of carboxylic acid groups (broad SMARTS) is 1. The van der Waals surface area contributed by atoms with Crippen LogP contribution in [0, 0.1) is 0 Å². The Bertz CT molecular complexity index is 618. The van der Waals surface area contributed by atoms with Gasteiger partial charge in [-0.2, -0.15) is 0 Å². The summed E-state index contributed by atoms with van der Waals surface area (Å²) in [6.07, 6.45) is -0.102. The number of fused-ring (bicyclic) bond motifs is 1. The van der Waals surface area contributed by atoms with E-state index in [4.69, 9.17) is 9.84 Å². The summed E-state index contributed by atoms with van der Waals surface area (Å²) in [6.45, 7) is 0.0979. The van der Waals surface area contributed by atoms with Crippen molar-refractivity contribution in [3.05, 3.63) is 30.0 Å². The summed E-state index contributed by atoms with van der Waals surface area (Å²) < 4.78 is 5.19. The van der Waals surface area contributed by atoms with Crippen molar-refractivity contribution < 1.29 is 19.4 Å².